The minimum absolute atomic E-state index is 0.114. The fraction of sp³-hybridized carbons (Fsp3) is 0.545. The van der Waals surface area contributed by atoms with Crippen molar-refractivity contribution in [2.45, 2.75) is 30.8 Å². The van der Waals surface area contributed by atoms with Gasteiger partial charge < -0.3 is 25.8 Å². The van der Waals surface area contributed by atoms with E-state index in [1.54, 1.807) is 0 Å². The van der Waals surface area contributed by atoms with Crippen LogP contribution in [0.5, 0.6) is 0 Å². The second kappa shape index (κ2) is 4.49. The van der Waals surface area contributed by atoms with Crippen LogP contribution in [0.25, 0.3) is 5.52 Å². The van der Waals surface area contributed by atoms with E-state index in [1.165, 1.54) is 13.1 Å². The van der Waals surface area contributed by atoms with Gasteiger partial charge in [-0.2, -0.15) is 0 Å². The molecule has 6 N–H and O–H groups in total. The number of aromatic amines is 1. The summed E-state index contributed by atoms with van der Waals surface area (Å²) in [7, 11) is 0. The van der Waals surface area contributed by atoms with Crippen molar-refractivity contribution in [2.24, 2.45) is 0 Å². The topological polar surface area (TPSA) is 159 Å². The third-order valence-electron chi connectivity index (χ3n) is 3.65. The minimum Gasteiger partial charge on any atom is -0.394 e. The number of aromatic nitrogens is 4. The first-order valence-electron chi connectivity index (χ1n) is 6.26. The second-order valence-electron chi connectivity index (χ2n) is 5.16. The van der Waals surface area contributed by atoms with Crippen LogP contribution in [0, 0.1) is 0 Å². The third kappa shape index (κ3) is 1.92. The Morgan fingerprint density at radius 2 is 2.33 bits per heavy atom. The van der Waals surface area contributed by atoms with Crippen molar-refractivity contribution < 1.29 is 20.1 Å². The third-order valence-corrected chi connectivity index (χ3v) is 3.65. The number of rotatable bonds is 2. The summed E-state index contributed by atoms with van der Waals surface area (Å²) in [6.45, 7) is 0.892. The molecule has 4 atom stereocenters. The summed E-state index contributed by atoms with van der Waals surface area (Å²) in [6, 6.07) is 0. The molecule has 3 heterocycles. The standard InChI is InChI=1S/C11H15N5O5/c1-11(20)6(18)5(3-17)21-7(11)8-13-2-4-9(19)14-10(12)15-16(4)8/h2,5-7,17-18,20H,3H2,1H3,(H3,12,14,15,19)/t5-,6-,7+,11-/m1/s1. The number of hydrogen-bond donors (Lipinski definition) is 5. The number of nitrogens with one attached hydrogen (secondary N) is 1. The number of anilines is 1. The molecule has 1 aliphatic rings. The summed E-state index contributed by atoms with van der Waals surface area (Å²) >= 11 is 0. The van der Waals surface area contributed by atoms with E-state index < -0.39 is 36.1 Å². The normalized spacial score (nSPS) is 32.9. The maximum Gasteiger partial charge on any atom is 0.278 e. The van der Waals surface area contributed by atoms with Gasteiger partial charge in [0.2, 0.25) is 5.95 Å². The fourth-order valence-electron chi connectivity index (χ4n) is 2.50. The Hall–Kier alpha value is -2.01. The lowest BCUT2D eigenvalue weighted by molar-refractivity contribution is -0.0679. The highest BCUT2D eigenvalue weighted by molar-refractivity contribution is 5.44. The Morgan fingerprint density at radius 1 is 1.62 bits per heavy atom. The molecule has 21 heavy (non-hydrogen) atoms. The van der Waals surface area contributed by atoms with Gasteiger partial charge in [0.1, 0.15) is 23.9 Å². The van der Waals surface area contributed by atoms with Crippen LogP contribution in [0.2, 0.25) is 0 Å². The average Bonchev–Trinajstić information content (AvgIpc) is 2.91. The molecule has 10 heteroatoms. The minimum atomic E-state index is -1.70. The number of aliphatic hydroxyl groups is 3. The van der Waals surface area contributed by atoms with Crippen molar-refractivity contribution in [3.63, 3.8) is 0 Å². The number of hydrogen-bond acceptors (Lipinski definition) is 8. The molecule has 0 amide bonds. The Kier molecular flexibility index (Phi) is 2.99. The quantitative estimate of drug-likeness (QED) is 0.408. The molecule has 2 aromatic rings. The molecule has 1 fully saturated rings. The van der Waals surface area contributed by atoms with Crippen molar-refractivity contribution in [3.05, 3.63) is 22.4 Å². The first kappa shape index (κ1) is 13.9. The van der Waals surface area contributed by atoms with Crippen LogP contribution in [0.1, 0.15) is 18.9 Å². The molecule has 0 unspecified atom stereocenters. The predicted octanol–water partition coefficient (Wildman–Crippen LogP) is -2.46. The van der Waals surface area contributed by atoms with Crippen molar-refractivity contribution in [1.29, 1.82) is 0 Å². The van der Waals surface area contributed by atoms with E-state index in [-0.39, 0.29) is 17.3 Å². The molecule has 1 saturated heterocycles. The highest BCUT2D eigenvalue weighted by Gasteiger charge is 2.54. The van der Waals surface area contributed by atoms with Gasteiger partial charge >= 0.3 is 0 Å². The van der Waals surface area contributed by atoms with Gasteiger partial charge in [0.05, 0.1) is 12.8 Å². The summed E-state index contributed by atoms with van der Waals surface area (Å²) in [5.41, 5.74) is 3.43. The number of nitrogens with zero attached hydrogens (tertiary/aromatic N) is 3. The number of imidazole rings is 1. The van der Waals surface area contributed by atoms with Gasteiger partial charge in [-0.05, 0) is 6.92 Å². The van der Waals surface area contributed by atoms with Gasteiger partial charge in [0.15, 0.2) is 11.3 Å². The summed E-state index contributed by atoms with van der Waals surface area (Å²) in [4.78, 5) is 18.1. The average molecular weight is 297 g/mol. The monoisotopic (exact) mass is 297 g/mol. The van der Waals surface area contributed by atoms with Crippen molar-refractivity contribution in [2.75, 3.05) is 12.3 Å². The van der Waals surface area contributed by atoms with E-state index in [9.17, 15) is 20.1 Å². The van der Waals surface area contributed by atoms with Gasteiger partial charge in [-0.25, -0.2) is 9.50 Å². The molecule has 114 valence electrons. The van der Waals surface area contributed by atoms with Crippen LogP contribution in [0.3, 0.4) is 0 Å². The van der Waals surface area contributed by atoms with Crippen molar-refractivity contribution >= 4 is 11.5 Å². The molecule has 10 nitrogen and oxygen atoms in total. The summed E-state index contributed by atoms with van der Waals surface area (Å²) < 4.78 is 6.60. The van der Waals surface area contributed by atoms with Gasteiger partial charge in [-0.3, -0.25) is 9.78 Å². The lowest BCUT2D eigenvalue weighted by Crippen LogP contribution is -2.43. The lowest BCUT2D eigenvalue weighted by atomic mass is 9.92. The molecule has 0 saturated carbocycles. The molecule has 2 aromatic heterocycles. The van der Waals surface area contributed by atoms with Gasteiger partial charge in [-0.1, -0.05) is 0 Å². The molecule has 1 aliphatic heterocycles. The predicted molar refractivity (Wildman–Crippen MR) is 69.4 cm³/mol. The van der Waals surface area contributed by atoms with E-state index in [0.29, 0.717) is 0 Å². The van der Waals surface area contributed by atoms with Crippen LogP contribution in [0.15, 0.2) is 11.0 Å². The van der Waals surface area contributed by atoms with Crippen LogP contribution in [-0.2, 0) is 4.74 Å². The molecule has 3 rings (SSSR count). The van der Waals surface area contributed by atoms with Crippen LogP contribution >= 0.6 is 0 Å². The highest BCUT2D eigenvalue weighted by Crippen LogP contribution is 2.40. The smallest absolute Gasteiger partial charge is 0.278 e. The number of nitrogen functional groups attached to an aromatic ring is 1. The van der Waals surface area contributed by atoms with E-state index in [1.807, 2.05) is 0 Å². The van der Waals surface area contributed by atoms with Crippen LogP contribution in [-0.4, -0.2) is 59.3 Å². The summed E-state index contributed by atoms with van der Waals surface area (Å²) in [5, 5.41) is 33.5. The highest BCUT2D eigenvalue weighted by atomic mass is 16.6. The van der Waals surface area contributed by atoms with E-state index in [0.717, 1.165) is 4.52 Å². The molecule has 0 aromatic carbocycles. The van der Waals surface area contributed by atoms with E-state index in [2.05, 4.69) is 15.1 Å². The molecule has 0 radical (unpaired) electrons. The molecule has 0 bridgehead atoms. The fourth-order valence-corrected chi connectivity index (χ4v) is 2.50. The van der Waals surface area contributed by atoms with Gasteiger partial charge in [-0.15, -0.1) is 5.10 Å². The van der Waals surface area contributed by atoms with Crippen molar-refractivity contribution in [1.82, 2.24) is 19.6 Å². The van der Waals surface area contributed by atoms with Gasteiger partial charge in [0, 0.05) is 0 Å². The molecule has 0 aliphatic carbocycles. The summed E-state index contributed by atoms with van der Waals surface area (Å²) in [5.74, 6) is -0.00792. The van der Waals surface area contributed by atoms with Crippen molar-refractivity contribution in [3.8, 4) is 0 Å². The Balaban J connectivity index is 2.15. The molecular formula is C11H15N5O5. The Bertz CT molecular complexity index is 738. The number of nitrogens with two attached hydrogens (primary N) is 1. The first-order chi connectivity index (χ1) is 9.86. The Labute approximate surface area is 117 Å². The zero-order valence-electron chi connectivity index (χ0n) is 11.1. The van der Waals surface area contributed by atoms with E-state index >= 15 is 0 Å². The zero-order valence-corrected chi connectivity index (χ0v) is 11.1. The second-order valence-corrected chi connectivity index (χ2v) is 5.16. The summed E-state index contributed by atoms with van der Waals surface area (Å²) in [6.07, 6.45) is -2.07. The molecular weight excluding hydrogens is 282 g/mol. The largest absolute Gasteiger partial charge is 0.394 e. The first-order valence-corrected chi connectivity index (χ1v) is 6.26. The maximum absolute atomic E-state index is 11.7. The van der Waals surface area contributed by atoms with Crippen LogP contribution in [0.4, 0.5) is 5.95 Å². The number of fused-ring (bicyclic) bond motifs is 1. The zero-order chi connectivity index (χ0) is 15.4. The lowest BCUT2D eigenvalue weighted by Gasteiger charge is -2.25. The number of aliphatic hydroxyl groups excluding tert-OH is 2. The SMILES string of the molecule is C[C@@]1(O)[C@H](O)[C@@H](CO)O[C@H]1c1ncc2c(=O)[nH]c(N)nn12. The van der Waals surface area contributed by atoms with Crippen LogP contribution < -0.4 is 11.3 Å². The van der Waals surface area contributed by atoms with E-state index in [4.69, 9.17) is 10.5 Å². The van der Waals surface area contributed by atoms with Gasteiger partial charge in [0.25, 0.3) is 5.56 Å². The Morgan fingerprint density at radius 3 is 2.95 bits per heavy atom. The number of ether oxygens (including phenoxy) is 1. The molecule has 0 spiro atoms. The maximum atomic E-state index is 11.7. The number of H-pyrrole nitrogens is 1.